The molecule has 0 bridgehead atoms. The van der Waals surface area contributed by atoms with E-state index in [1.54, 1.807) is 6.92 Å². The van der Waals surface area contributed by atoms with E-state index in [1.165, 1.54) is 0 Å². The summed E-state index contributed by atoms with van der Waals surface area (Å²) in [6, 6.07) is 0. The first-order valence-corrected chi connectivity index (χ1v) is 6.62. The second kappa shape index (κ2) is 7.21. The second-order valence-electron chi connectivity index (χ2n) is 4.59. The number of Topliss-reactive ketones (excluding diaryl/α,β-unsaturated/α-hetero) is 1. The summed E-state index contributed by atoms with van der Waals surface area (Å²) >= 11 is 0. The van der Waals surface area contributed by atoms with Gasteiger partial charge >= 0.3 is 0 Å². The lowest BCUT2D eigenvalue weighted by Crippen LogP contribution is -2.13. The quantitative estimate of drug-likeness (QED) is 0.516. The minimum absolute atomic E-state index is 0.0309. The number of aliphatic hydroxyl groups is 1. The van der Waals surface area contributed by atoms with Crippen molar-refractivity contribution in [2.75, 3.05) is 0 Å². The number of aromatic nitrogens is 1. The number of pyridine rings is 1. The van der Waals surface area contributed by atoms with Crippen LogP contribution in [0.15, 0.2) is 0 Å². The Kier molecular flexibility index (Phi) is 5.92. The molecule has 5 nitrogen and oxygen atoms in total. The van der Waals surface area contributed by atoms with E-state index in [0.717, 1.165) is 19.3 Å². The molecule has 0 atom stereocenters. The van der Waals surface area contributed by atoms with Crippen LogP contribution in [0.5, 0.6) is 5.75 Å². The number of carbonyl (C=O) groups excluding carboxylic acids is 1. The van der Waals surface area contributed by atoms with Crippen LogP contribution >= 0.6 is 0 Å². The van der Waals surface area contributed by atoms with Gasteiger partial charge in [-0.05, 0) is 13.3 Å². The molecule has 0 fully saturated rings. The lowest BCUT2D eigenvalue weighted by molar-refractivity contribution is 0.0970. The molecule has 0 amide bonds. The Morgan fingerprint density at radius 3 is 2.53 bits per heavy atom. The van der Waals surface area contributed by atoms with E-state index in [-0.39, 0.29) is 30.4 Å². The number of hydrogen-bond acceptors (Lipinski definition) is 5. The van der Waals surface area contributed by atoms with Gasteiger partial charge in [-0.2, -0.15) is 0 Å². The number of nitrogens with two attached hydrogens (primary N) is 1. The molecule has 1 aromatic rings. The monoisotopic (exact) mass is 266 g/mol. The van der Waals surface area contributed by atoms with Crippen molar-refractivity contribution in [1.82, 2.24) is 4.98 Å². The maximum atomic E-state index is 12.1. The largest absolute Gasteiger partial charge is 0.506 e. The number of hydrogen-bond donors (Lipinski definition) is 3. The van der Waals surface area contributed by atoms with Crippen molar-refractivity contribution < 1.29 is 15.0 Å². The lowest BCUT2D eigenvalue weighted by atomic mass is 9.99. The van der Waals surface area contributed by atoms with Gasteiger partial charge in [0.15, 0.2) is 5.78 Å². The van der Waals surface area contributed by atoms with Gasteiger partial charge in [-0.15, -0.1) is 0 Å². The molecule has 1 aromatic heterocycles. The Bertz CT molecular complexity index is 458. The fraction of sp³-hybridized carbons (Fsp3) is 0.571. The lowest BCUT2D eigenvalue weighted by Gasteiger charge is -2.14. The summed E-state index contributed by atoms with van der Waals surface area (Å²) in [5.74, 6) is -0.132. The molecule has 0 saturated carbocycles. The minimum atomic E-state index is -0.345. The topological polar surface area (TPSA) is 96.4 Å². The molecule has 0 aromatic carbocycles. The third kappa shape index (κ3) is 3.52. The highest BCUT2D eigenvalue weighted by molar-refractivity contribution is 5.96. The Hall–Kier alpha value is -1.46. The number of aromatic hydroxyl groups is 1. The van der Waals surface area contributed by atoms with Crippen LogP contribution in [0.2, 0.25) is 0 Å². The predicted molar refractivity (Wildman–Crippen MR) is 72.9 cm³/mol. The molecule has 1 heterocycles. The van der Waals surface area contributed by atoms with Crippen molar-refractivity contribution in [3.63, 3.8) is 0 Å². The van der Waals surface area contributed by atoms with Crippen LogP contribution in [0.25, 0.3) is 0 Å². The number of unbranched alkanes of at least 4 members (excludes halogenated alkanes) is 2. The molecule has 0 aliphatic heterocycles. The summed E-state index contributed by atoms with van der Waals surface area (Å²) in [7, 11) is 0. The van der Waals surface area contributed by atoms with Gasteiger partial charge in [0.05, 0.1) is 12.3 Å². The average molecular weight is 266 g/mol. The SMILES string of the molecule is CCCCCC(=O)c1nc(C)c(O)c(CN)c1CO. The fourth-order valence-corrected chi connectivity index (χ4v) is 2.07. The Labute approximate surface area is 113 Å². The van der Waals surface area contributed by atoms with E-state index in [4.69, 9.17) is 5.73 Å². The van der Waals surface area contributed by atoms with E-state index in [9.17, 15) is 15.0 Å². The molecular formula is C14H22N2O3. The van der Waals surface area contributed by atoms with Crippen LogP contribution in [0.4, 0.5) is 0 Å². The highest BCUT2D eigenvalue weighted by Crippen LogP contribution is 2.27. The fourth-order valence-electron chi connectivity index (χ4n) is 2.07. The number of rotatable bonds is 7. The summed E-state index contributed by atoms with van der Waals surface area (Å²) < 4.78 is 0. The number of nitrogens with zero attached hydrogens (tertiary/aromatic N) is 1. The predicted octanol–water partition coefficient (Wildman–Crippen LogP) is 1.81. The first-order chi connectivity index (χ1) is 9.06. The molecule has 1 rings (SSSR count). The Balaban J connectivity index is 3.12. The summed E-state index contributed by atoms with van der Waals surface area (Å²) in [6.07, 6.45) is 3.24. The molecule has 0 aliphatic rings. The van der Waals surface area contributed by atoms with Crippen molar-refractivity contribution in [1.29, 1.82) is 0 Å². The van der Waals surface area contributed by atoms with Gasteiger partial charge in [-0.1, -0.05) is 19.8 Å². The molecule has 19 heavy (non-hydrogen) atoms. The van der Waals surface area contributed by atoms with E-state index in [1.807, 2.05) is 0 Å². The van der Waals surface area contributed by atoms with Gasteiger partial charge in [0.25, 0.3) is 0 Å². The van der Waals surface area contributed by atoms with Crippen molar-refractivity contribution in [3.05, 3.63) is 22.5 Å². The Morgan fingerprint density at radius 2 is 2.00 bits per heavy atom. The summed E-state index contributed by atoms with van der Waals surface area (Å²) in [5, 5.41) is 19.3. The van der Waals surface area contributed by atoms with Gasteiger partial charge in [-0.25, -0.2) is 4.98 Å². The third-order valence-corrected chi connectivity index (χ3v) is 3.19. The summed E-state index contributed by atoms with van der Waals surface area (Å²) in [5.41, 5.74) is 6.96. The third-order valence-electron chi connectivity index (χ3n) is 3.19. The highest BCUT2D eigenvalue weighted by atomic mass is 16.3. The number of carbonyl (C=O) groups is 1. The molecule has 0 spiro atoms. The van der Waals surface area contributed by atoms with Crippen molar-refractivity contribution in [2.24, 2.45) is 5.73 Å². The maximum Gasteiger partial charge on any atom is 0.181 e. The van der Waals surface area contributed by atoms with E-state index in [2.05, 4.69) is 11.9 Å². The van der Waals surface area contributed by atoms with Crippen LogP contribution in [0.1, 0.15) is 59.9 Å². The normalized spacial score (nSPS) is 10.7. The number of aliphatic hydroxyl groups excluding tert-OH is 1. The molecule has 0 radical (unpaired) electrons. The smallest absolute Gasteiger partial charge is 0.181 e. The van der Waals surface area contributed by atoms with Crippen LogP contribution in [-0.4, -0.2) is 21.0 Å². The van der Waals surface area contributed by atoms with Crippen molar-refractivity contribution >= 4 is 5.78 Å². The molecule has 0 saturated heterocycles. The molecular weight excluding hydrogens is 244 g/mol. The van der Waals surface area contributed by atoms with E-state index >= 15 is 0 Å². The average Bonchev–Trinajstić information content (AvgIpc) is 2.41. The van der Waals surface area contributed by atoms with Crippen LogP contribution in [0, 0.1) is 6.92 Å². The number of ketones is 1. The standard InChI is InChI=1S/C14H22N2O3/c1-3-4-5-6-12(18)13-11(8-17)10(7-15)14(19)9(2)16-13/h17,19H,3-8,15H2,1-2H3. The van der Waals surface area contributed by atoms with Gasteiger partial charge in [0, 0.05) is 24.1 Å². The zero-order chi connectivity index (χ0) is 14.4. The zero-order valence-corrected chi connectivity index (χ0v) is 11.6. The first-order valence-electron chi connectivity index (χ1n) is 6.62. The highest BCUT2D eigenvalue weighted by Gasteiger charge is 2.20. The number of aryl methyl sites for hydroxylation is 1. The van der Waals surface area contributed by atoms with Gasteiger partial charge in [0.1, 0.15) is 11.4 Å². The van der Waals surface area contributed by atoms with Crippen molar-refractivity contribution in [2.45, 2.75) is 52.7 Å². The maximum absolute atomic E-state index is 12.1. The molecule has 5 heteroatoms. The van der Waals surface area contributed by atoms with Crippen molar-refractivity contribution in [3.8, 4) is 5.75 Å². The van der Waals surface area contributed by atoms with Crippen LogP contribution in [-0.2, 0) is 13.2 Å². The Morgan fingerprint density at radius 1 is 1.32 bits per heavy atom. The zero-order valence-electron chi connectivity index (χ0n) is 11.6. The second-order valence-corrected chi connectivity index (χ2v) is 4.59. The molecule has 4 N–H and O–H groups in total. The molecule has 0 unspecified atom stereocenters. The van der Waals surface area contributed by atoms with Gasteiger partial charge < -0.3 is 15.9 Å². The van der Waals surface area contributed by atoms with E-state index < -0.39 is 0 Å². The first kappa shape index (κ1) is 15.6. The summed E-state index contributed by atoms with van der Waals surface area (Å²) in [4.78, 5) is 16.3. The van der Waals surface area contributed by atoms with E-state index in [0.29, 0.717) is 23.2 Å². The van der Waals surface area contributed by atoms with Gasteiger partial charge in [0.2, 0.25) is 0 Å². The minimum Gasteiger partial charge on any atom is -0.506 e. The van der Waals surface area contributed by atoms with Gasteiger partial charge in [-0.3, -0.25) is 4.79 Å². The molecule has 106 valence electrons. The van der Waals surface area contributed by atoms with Crippen LogP contribution < -0.4 is 5.73 Å². The molecule has 0 aliphatic carbocycles. The summed E-state index contributed by atoms with van der Waals surface area (Å²) in [6.45, 7) is 3.42. The van der Waals surface area contributed by atoms with Crippen LogP contribution in [0.3, 0.4) is 0 Å².